The van der Waals surface area contributed by atoms with Crippen LogP contribution in [0.2, 0.25) is 0 Å². The van der Waals surface area contributed by atoms with Crippen molar-refractivity contribution in [1.82, 2.24) is 10.2 Å². The minimum absolute atomic E-state index is 0.0419. The second-order valence-corrected chi connectivity index (χ2v) is 7.94. The summed E-state index contributed by atoms with van der Waals surface area (Å²) in [5.74, 6) is 0.638. The SMILES string of the molecule is CC(C)c1ccc([C@H](C)NC(=O)CN2CCc3sccc3C2)cc1. The summed E-state index contributed by atoms with van der Waals surface area (Å²) in [6, 6.07) is 10.8. The summed E-state index contributed by atoms with van der Waals surface area (Å²) in [4.78, 5) is 16.1. The predicted molar refractivity (Wildman–Crippen MR) is 100 cm³/mol. The molecule has 0 radical (unpaired) electrons. The average molecular weight is 343 g/mol. The van der Waals surface area contributed by atoms with Gasteiger partial charge in [-0.05, 0) is 47.4 Å². The van der Waals surface area contributed by atoms with Crippen LogP contribution in [0, 0.1) is 0 Å². The Morgan fingerprint density at radius 2 is 1.88 bits per heavy atom. The van der Waals surface area contributed by atoms with E-state index in [1.54, 1.807) is 0 Å². The molecule has 128 valence electrons. The first-order valence-electron chi connectivity index (χ1n) is 8.69. The third kappa shape index (κ3) is 4.05. The van der Waals surface area contributed by atoms with Crippen LogP contribution >= 0.6 is 11.3 Å². The lowest BCUT2D eigenvalue weighted by molar-refractivity contribution is -0.123. The molecule has 1 N–H and O–H groups in total. The van der Waals surface area contributed by atoms with E-state index < -0.39 is 0 Å². The first-order valence-corrected chi connectivity index (χ1v) is 9.57. The topological polar surface area (TPSA) is 32.3 Å². The number of nitrogens with zero attached hydrogens (tertiary/aromatic N) is 1. The van der Waals surface area contributed by atoms with E-state index in [1.807, 2.05) is 11.3 Å². The Labute approximate surface area is 148 Å². The van der Waals surface area contributed by atoms with Gasteiger partial charge in [0.15, 0.2) is 0 Å². The zero-order chi connectivity index (χ0) is 17.1. The molecule has 1 aromatic heterocycles. The zero-order valence-corrected chi connectivity index (χ0v) is 15.5. The van der Waals surface area contributed by atoms with Crippen LogP contribution in [0.3, 0.4) is 0 Å². The Kier molecular flexibility index (Phi) is 5.36. The predicted octanol–water partition coefficient (Wildman–Crippen LogP) is 4.11. The molecule has 3 nitrogen and oxygen atoms in total. The van der Waals surface area contributed by atoms with Gasteiger partial charge in [0, 0.05) is 18.0 Å². The van der Waals surface area contributed by atoms with Gasteiger partial charge in [-0.15, -0.1) is 11.3 Å². The number of thiophene rings is 1. The Balaban J connectivity index is 1.53. The third-order valence-corrected chi connectivity index (χ3v) is 5.76. The maximum absolute atomic E-state index is 12.4. The molecular weight excluding hydrogens is 316 g/mol. The fraction of sp³-hybridized carbons (Fsp3) is 0.450. The largest absolute Gasteiger partial charge is 0.348 e. The molecule has 0 fully saturated rings. The third-order valence-electron chi connectivity index (χ3n) is 4.73. The number of hydrogen-bond donors (Lipinski definition) is 1. The van der Waals surface area contributed by atoms with Crippen LogP contribution in [0.1, 0.15) is 54.3 Å². The van der Waals surface area contributed by atoms with Gasteiger partial charge in [0.05, 0.1) is 12.6 Å². The number of amides is 1. The first-order chi connectivity index (χ1) is 11.5. The Hall–Kier alpha value is -1.65. The number of rotatable bonds is 5. The molecule has 0 saturated heterocycles. The van der Waals surface area contributed by atoms with Crippen LogP contribution in [0.5, 0.6) is 0 Å². The van der Waals surface area contributed by atoms with Crippen molar-refractivity contribution in [3.63, 3.8) is 0 Å². The Bertz CT molecular complexity index is 690. The van der Waals surface area contributed by atoms with E-state index in [2.05, 4.69) is 66.7 Å². The normalized spacial score (nSPS) is 16.0. The molecule has 4 heteroatoms. The molecule has 0 aliphatic carbocycles. The van der Waals surface area contributed by atoms with E-state index in [-0.39, 0.29) is 11.9 Å². The molecule has 1 aliphatic heterocycles. The number of fused-ring (bicyclic) bond motifs is 1. The molecule has 2 heterocycles. The van der Waals surface area contributed by atoms with Gasteiger partial charge in [0.25, 0.3) is 0 Å². The number of hydrogen-bond acceptors (Lipinski definition) is 3. The van der Waals surface area contributed by atoms with Gasteiger partial charge in [-0.25, -0.2) is 0 Å². The number of nitrogens with one attached hydrogen (secondary N) is 1. The number of carbonyl (C=O) groups excluding carboxylic acids is 1. The molecule has 0 spiro atoms. The van der Waals surface area contributed by atoms with Gasteiger partial charge in [-0.2, -0.15) is 0 Å². The molecule has 0 saturated carbocycles. The summed E-state index contributed by atoms with van der Waals surface area (Å²) < 4.78 is 0. The molecule has 1 aromatic carbocycles. The van der Waals surface area contributed by atoms with Crippen molar-refractivity contribution < 1.29 is 4.79 Å². The lowest BCUT2D eigenvalue weighted by Gasteiger charge is -2.26. The zero-order valence-electron chi connectivity index (χ0n) is 14.7. The van der Waals surface area contributed by atoms with Crippen molar-refractivity contribution in [3.8, 4) is 0 Å². The molecule has 1 atom stereocenters. The molecule has 0 unspecified atom stereocenters. The van der Waals surface area contributed by atoms with Crippen LogP contribution < -0.4 is 5.32 Å². The molecule has 2 aromatic rings. The van der Waals surface area contributed by atoms with E-state index in [0.717, 1.165) is 25.1 Å². The van der Waals surface area contributed by atoms with Crippen LogP contribution in [-0.4, -0.2) is 23.9 Å². The van der Waals surface area contributed by atoms with Gasteiger partial charge in [0.1, 0.15) is 0 Å². The fourth-order valence-electron chi connectivity index (χ4n) is 3.18. The summed E-state index contributed by atoms with van der Waals surface area (Å²) in [5.41, 5.74) is 3.88. The smallest absolute Gasteiger partial charge is 0.234 e. The molecular formula is C20H26N2OS. The highest BCUT2D eigenvalue weighted by atomic mass is 32.1. The van der Waals surface area contributed by atoms with Crippen molar-refractivity contribution in [2.45, 2.75) is 45.7 Å². The van der Waals surface area contributed by atoms with Crippen LogP contribution in [0.4, 0.5) is 0 Å². The first kappa shape index (κ1) is 17.2. The van der Waals surface area contributed by atoms with E-state index in [0.29, 0.717) is 12.5 Å². The molecule has 24 heavy (non-hydrogen) atoms. The molecule has 0 bridgehead atoms. The van der Waals surface area contributed by atoms with Crippen LogP contribution in [-0.2, 0) is 17.8 Å². The molecule has 3 rings (SSSR count). The summed E-state index contributed by atoms with van der Waals surface area (Å²) in [6.07, 6.45) is 1.06. The minimum atomic E-state index is 0.0419. The average Bonchev–Trinajstić information content (AvgIpc) is 3.02. The highest BCUT2D eigenvalue weighted by molar-refractivity contribution is 7.10. The van der Waals surface area contributed by atoms with Crippen molar-refractivity contribution in [1.29, 1.82) is 0 Å². The monoisotopic (exact) mass is 342 g/mol. The van der Waals surface area contributed by atoms with E-state index in [4.69, 9.17) is 0 Å². The van der Waals surface area contributed by atoms with Crippen molar-refractivity contribution in [2.24, 2.45) is 0 Å². The summed E-state index contributed by atoms with van der Waals surface area (Å²) in [6.45, 7) is 8.77. The summed E-state index contributed by atoms with van der Waals surface area (Å²) in [7, 11) is 0. The van der Waals surface area contributed by atoms with Gasteiger partial charge in [-0.1, -0.05) is 38.1 Å². The maximum atomic E-state index is 12.4. The van der Waals surface area contributed by atoms with Gasteiger partial charge >= 0.3 is 0 Å². The van der Waals surface area contributed by atoms with Gasteiger partial charge < -0.3 is 5.32 Å². The number of carbonyl (C=O) groups is 1. The van der Waals surface area contributed by atoms with Gasteiger partial charge in [0.2, 0.25) is 5.91 Å². The van der Waals surface area contributed by atoms with Crippen molar-refractivity contribution in [3.05, 3.63) is 57.3 Å². The molecule has 1 aliphatic rings. The second-order valence-electron chi connectivity index (χ2n) is 6.94. The summed E-state index contributed by atoms with van der Waals surface area (Å²) >= 11 is 1.83. The Morgan fingerprint density at radius 1 is 1.17 bits per heavy atom. The second kappa shape index (κ2) is 7.49. The van der Waals surface area contributed by atoms with Crippen LogP contribution in [0.15, 0.2) is 35.7 Å². The maximum Gasteiger partial charge on any atom is 0.234 e. The number of benzene rings is 1. The Morgan fingerprint density at radius 3 is 2.58 bits per heavy atom. The quantitative estimate of drug-likeness (QED) is 0.887. The van der Waals surface area contributed by atoms with Crippen molar-refractivity contribution >= 4 is 17.2 Å². The van der Waals surface area contributed by atoms with Crippen LogP contribution in [0.25, 0.3) is 0 Å². The lowest BCUT2D eigenvalue weighted by Crippen LogP contribution is -2.40. The van der Waals surface area contributed by atoms with E-state index in [1.165, 1.54) is 16.0 Å². The standard InChI is InChI=1S/C20H26N2OS/c1-14(2)16-4-6-17(7-5-16)15(3)21-20(23)13-22-10-8-19-18(12-22)9-11-24-19/h4-7,9,11,14-15H,8,10,12-13H2,1-3H3,(H,21,23)/t15-/m0/s1. The van der Waals surface area contributed by atoms with Crippen molar-refractivity contribution in [2.75, 3.05) is 13.1 Å². The minimum Gasteiger partial charge on any atom is -0.348 e. The van der Waals surface area contributed by atoms with E-state index in [9.17, 15) is 4.79 Å². The lowest BCUT2D eigenvalue weighted by atomic mass is 9.99. The summed E-state index contributed by atoms with van der Waals surface area (Å²) in [5, 5.41) is 5.28. The van der Waals surface area contributed by atoms with E-state index >= 15 is 0 Å². The molecule has 1 amide bonds. The van der Waals surface area contributed by atoms with Gasteiger partial charge in [-0.3, -0.25) is 9.69 Å². The fourth-order valence-corrected chi connectivity index (χ4v) is 4.07. The highest BCUT2D eigenvalue weighted by Gasteiger charge is 2.20. The highest BCUT2D eigenvalue weighted by Crippen LogP contribution is 2.24.